The Kier molecular flexibility index (Phi) is 7.69. The van der Waals surface area contributed by atoms with Gasteiger partial charge in [-0.1, -0.05) is 26.8 Å². The molecule has 1 unspecified atom stereocenters. The van der Waals surface area contributed by atoms with Crippen LogP contribution in [0, 0.1) is 5.41 Å². The maximum atomic E-state index is 6.12. The average Bonchev–Trinajstić information content (AvgIpc) is 2.12. The quantitative estimate of drug-likeness (QED) is 0.509. The third-order valence-electron chi connectivity index (χ3n) is 2.70. The highest BCUT2D eigenvalue weighted by Gasteiger charge is 2.15. The van der Waals surface area contributed by atoms with Gasteiger partial charge in [0.1, 0.15) is 0 Å². The topological polar surface area (TPSA) is 29.3 Å². The molecule has 96 valence electrons. The summed E-state index contributed by atoms with van der Waals surface area (Å²) >= 11 is 0. The zero-order valence-electron chi connectivity index (χ0n) is 11.6. The molecule has 0 saturated carbocycles. The van der Waals surface area contributed by atoms with Gasteiger partial charge in [-0.05, 0) is 51.2 Å². The lowest BCUT2D eigenvalue weighted by molar-refractivity contribution is 0.281. The van der Waals surface area contributed by atoms with Gasteiger partial charge in [0.15, 0.2) is 0 Å². The Morgan fingerprint density at radius 1 is 1.31 bits per heavy atom. The lowest BCUT2D eigenvalue weighted by atomic mass is 9.87. The van der Waals surface area contributed by atoms with Gasteiger partial charge in [0, 0.05) is 6.04 Å². The van der Waals surface area contributed by atoms with E-state index in [9.17, 15) is 0 Å². The third kappa shape index (κ3) is 10.2. The van der Waals surface area contributed by atoms with E-state index in [0.717, 1.165) is 32.4 Å². The number of allylic oxidation sites excluding steroid dienone is 1. The van der Waals surface area contributed by atoms with Crippen molar-refractivity contribution in [1.29, 1.82) is 0 Å². The first kappa shape index (κ1) is 15.7. The van der Waals surface area contributed by atoms with Crippen LogP contribution in [0.1, 0.15) is 46.5 Å². The van der Waals surface area contributed by atoms with Crippen LogP contribution < -0.4 is 5.73 Å². The summed E-state index contributed by atoms with van der Waals surface area (Å²) in [5, 5.41) is 0. The molecule has 0 spiro atoms. The number of unbranched alkanes of at least 4 members (excludes halogenated alkanes) is 1. The number of nitrogens with zero attached hydrogens (tertiary/aromatic N) is 1. The smallest absolute Gasteiger partial charge is 0.00559 e. The Bertz CT molecular complexity index is 182. The number of hydrogen-bond donors (Lipinski definition) is 1. The van der Waals surface area contributed by atoms with Crippen LogP contribution in [-0.4, -0.2) is 31.1 Å². The highest BCUT2D eigenvalue weighted by Crippen LogP contribution is 2.21. The molecule has 16 heavy (non-hydrogen) atoms. The van der Waals surface area contributed by atoms with E-state index in [4.69, 9.17) is 5.73 Å². The second kappa shape index (κ2) is 7.86. The molecule has 0 aromatic carbocycles. The first-order valence-electron chi connectivity index (χ1n) is 6.40. The molecule has 0 aliphatic carbocycles. The zero-order valence-corrected chi connectivity index (χ0v) is 11.6. The van der Waals surface area contributed by atoms with Crippen molar-refractivity contribution in [3.05, 3.63) is 12.7 Å². The van der Waals surface area contributed by atoms with Crippen molar-refractivity contribution in [1.82, 2.24) is 4.90 Å². The van der Waals surface area contributed by atoms with Crippen LogP contribution in [0.5, 0.6) is 0 Å². The van der Waals surface area contributed by atoms with Crippen molar-refractivity contribution in [3.8, 4) is 0 Å². The molecule has 2 heteroatoms. The average molecular weight is 226 g/mol. The molecule has 0 saturated heterocycles. The SMILES string of the molecule is C=CCCCN(C)CCC(N)CC(C)(C)C. The summed E-state index contributed by atoms with van der Waals surface area (Å²) in [5.41, 5.74) is 6.47. The fourth-order valence-corrected chi connectivity index (χ4v) is 1.89. The lowest BCUT2D eigenvalue weighted by Gasteiger charge is -2.25. The second-order valence-electron chi connectivity index (χ2n) is 6.05. The van der Waals surface area contributed by atoms with Crippen LogP contribution in [0.25, 0.3) is 0 Å². The van der Waals surface area contributed by atoms with E-state index in [1.54, 1.807) is 0 Å². The highest BCUT2D eigenvalue weighted by molar-refractivity contribution is 4.73. The van der Waals surface area contributed by atoms with Crippen LogP contribution >= 0.6 is 0 Å². The molecule has 2 nitrogen and oxygen atoms in total. The van der Waals surface area contributed by atoms with E-state index in [0.29, 0.717) is 11.5 Å². The van der Waals surface area contributed by atoms with E-state index in [1.165, 1.54) is 6.42 Å². The Balaban J connectivity index is 3.58. The predicted octanol–water partition coefficient (Wildman–Crippen LogP) is 3.04. The first-order chi connectivity index (χ1) is 7.35. The molecule has 0 heterocycles. The molecular weight excluding hydrogens is 196 g/mol. The minimum Gasteiger partial charge on any atom is -0.328 e. The Morgan fingerprint density at radius 2 is 1.94 bits per heavy atom. The van der Waals surface area contributed by atoms with Gasteiger partial charge >= 0.3 is 0 Å². The van der Waals surface area contributed by atoms with Gasteiger partial charge in [-0.25, -0.2) is 0 Å². The largest absolute Gasteiger partial charge is 0.328 e. The first-order valence-corrected chi connectivity index (χ1v) is 6.40. The predicted molar refractivity (Wildman–Crippen MR) is 73.6 cm³/mol. The van der Waals surface area contributed by atoms with Crippen LogP contribution in [0.4, 0.5) is 0 Å². The van der Waals surface area contributed by atoms with Crippen LogP contribution in [0.2, 0.25) is 0 Å². The molecule has 0 radical (unpaired) electrons. The highest BCUT2D eigenvalue weighted by atomic mass is 15.1. The van der Waals surface area contributed by atoms with Gasteiger partial charge in [0.2, 0.25) is 0 Å². The summed E-state index contributed by atoms with van der Waals surface area (Å²) in [6, 6.07) is 0.335. The fourth-order valence-electron chi connectivity index (χ4n) is 1.89. The summed E-state index contributed by atoms with van der Waals surface area (Å²) in [6.45, 7) is 12.7. The monoisotopic (exact) mass is 226 g/mol. The van der Waals surface area contributed by atoms with Crippen molar-refractivity contribution < 1.29 is 0 Å². The molecule has 0 aliphatic rings. The van der Waals surface area contributed by atoms with Crippen molar-refractivity contribution in [2.24, 2.45) is 11.1 Å². The molecule has 0 rings (SSSR count). The lowest BCUT2D eigenvalue weighted by Crippen LogP contribution is -2.31. The molecule has 0 aromatic rings. The van der Waals surface area contributed by atoms with E-state index >= 15 is 0 Å². The minimum atomic E-state index is 0.335. The van der Waals surface area contributed by atoms with Gasteiger partial charge in [0.25, 0.3) is 0 Å². The molecule has 0 fully saturated rings. The Morgan fingerprint density at radius 3 is 2.44 bits per heavy atom. The van der Waals surface area contributed by atoms with Gasteiger partial charge in [-0.15, -0.1) is 6.58 Å². The summed E-state index contributed by atoms with van der Waals surface area (Å²) in [6.07, 6.45) is 6.50. The zero-order chi connectivity index (χ0) is 12.6. The van der Waals surface area contributed by atoms with Crippen molar-refractivity contribution in [3.63, 3.8) is 0 Å². The van der Waals surface area contributed by atoms with Crippen molar-refractivity contribution in [2.75, 3.05) is 20.1 Å². The van der Waals surface area contributed by atoms with E-state index in [1.807, 2.05) is 6.08 Å². The standard InChI is InChI=1S/C14H30N2/c1-6-7-8-10-16(5)11-9-13(15)12-14(2,3)4/h6,13H,1,7-12,15H2,2-5H3. The van der Waals surface area contributed by atoms with Crippen molar-refractivity contribution in [2.45, 2.75) is 52.5 Å². The number of rotatable bonds is 8. The van der Waals surface area contributed by atoms with Gasteiger partial charge in [0.05, 0.1) is 0 Å². The van der Waals surface area contributed by atoms with Gasteiger partial charge < -0.3 is 10.6 Å². The maximum absolute atomic E-state index is 6.12. The van der Waals surface area contributed by atoms with Crippen molar-refractivity contribution >= 4 is 0 Å². The molecular formula is C14H30N2. The summed E-state index contributed by atoms with van der Waals surface area (Å²) in [5.74, 6) is 0. The summed E-state index contributed by atoms with van der Waals surface area (Å²) in [7, 11) is 2.17. The fraction of sp³-hybridized carbons (Fsp3) is 0.857. The third-order valence-corrected chi connectivity index (χ3v) is 2.70. The van der Waals surface area contributed by atoms with Crippen LogP contribution in [0.3, 0.4) is 0 Å². The van der Waals surface area contributed by atoms with E-state index in [2.05, 4.69) is 39.3 Å². The Hall–Kier alpha value is -0.340. The number of hydrogen-bond acceptors (Lipinski definition) is 2. The normalized spacial score (nSPS) is 14.1. The summed E-state index contributed by atoms with van der Waals surface area (Å²) < 4.78 is 0. The minimum absolute atomic E-state index is 0.335. The Labute approximate surface area is 102 Å². The molecule has 0 aliphatic heterocycles. The molecule has 0 aromatic heterocycles. The summed E-state index contributed by atoms with van der Waals surface area (Å²) in [4.78, 5) is 2.37. The van der Waals surface area contributed by atoms with Gasteiger partial charge in [-0.2, -0.15) is 0 Å². The van der Waals surface area contributed by atoms with Crippen LogP contribution in [0.15, 0.2) is 12.7 Å². The molecule has 0 bridgehead atoms. The van der Waals surface area contributed by atoms with Gasteiger partial charge in [-0.3, -0.25) is 0 Å². The molecule has 2 N–H and O–H groups in total. The van der Waals surface area contributed by atoms with E-state index < -0.39 is 0 Å². The van der Waals surface area contributed by atoms with Crippen LogP contribution in [-0.2, 0) is 0 Å². The van der Waals surface area contributed by atoms with E-state index in [-0.39, 0.29) is 0 Å². The second-order valence-corrected chi connectivity index (χ2v) is 6.05. The number of nitrogens with two attached hydrogens (primary N) is 1. The molecule has 1 atom stereocenters. The molecule has 0 amide bonds. The maximum Gasteiger partial charge on any atom is 0.00559 e.